The van der Waals surface area contributed by atoms with E-state index in [9.17, 15) is 4.79 Å². The summed E-state index contributed by atoms with van der Waals surface area (Å²) in [4.78, 5) is 18.8. The molecule has 104 valence electrons. The lowest BCUT2D eigenvalue weighted by molar-refractivity contribution is -0.113. The van der Waals surface area contributed by atoms with Crippen LogP contribution in [0.5, 0.6) is 0 Å². The van der Waals surface area contributed by atoms with Gasteiger partial charge in [0.15, 0.2) is 5.17 Å². The van der Waals surface area contributed by atoms with Gasteiger partial charge in [-0.25, -0.2) is 0 Å². The third-order valence-corrected chi connectivity index (χ3v) is 5.13. The Bertz CT molecular complexity index is 622. The zero-order valence-corrected chi connectivity index (χ0v) is 12.9. The van der Waals surface area contributed by atoms with Crippen LogP contribution < -0.4 is 0 Å². The molecule has 1 fully saturated rings. The Kier molecular flexibility index (Phi) is 4.06. The van der Waals surface area contributed by atoms with E-state index >= 15 is 0 Å². The number of benzene rings is 1. The van der Waals surface area contributed by atoms with Crippen molar-refractivity contribution in [2.24, 2.45) is 4.99 Å². The molecule has 3 nitrogen and oxygen atoms in total. The van der Waals surface area contributed by atoms with Crippen LogP contribution in [-0.2, 0) is 4.79 Å². The Morgan fingerprint density at radius 1 is 1.25 bits per heavy atom. The molecule has 0 spiro atoms. The van der Waals surface area contributed by atoms with Crippen molar-refractivity contribution in [2.45, 2.75) is 12.8 Å². The van der Waals surface area contributed by atoms with Crippen molar-refractivity contribution in [1.29, 1.82) is 0 Å². The minimum atomic E-state index is -0.201. The molecule has 1 saturated heterocycles. The second kappa shape index (κ2) is 5.80. The number of halogens is 2. The predicted molar refractivity (Wildman–Crippen MR) is 85.3 cm³/mol. The molecule has 1 amide bonds. The van der Waals surface area contributed by atoms with E-state index in [1.54, 1.807) is 12.1 Å². The molecule has 0 saturated carbocycles. The van der Waals surface area contributed by atoms with E-state index in [0.29, 0.717) is 15.0 Å². The summed E-state index contributed by atoms with van der Waals surface area (Å²) < 4.78 is 0. The van der Waals surface area contributed by atoms with Crippen LogP contribution in [0.4, 0.5) is 0 Å². The minimum absolute atomic E-state index is 0.201. The summed E-state index contributed by atoms with van der Waals surface area (Å²) >= 11 is 13.5. The van der Waals surface area contributed by atoms with Gasteiger partial charge in [0.05, 0.1) is 15.0 Å². The SMILES string of the molecule is O=C1N=C(N2CCCC2)S/C1=C\c1cccc(Cl)c1Cl. The van der Waals surface area contributed by atoms with Gasteiger partial charge in [0.1, 0.15) is 0 Å². The van der Waals surface area contributed by atoms with E-state index < -0.39 is 0 Å². The van der Waals surface area contributed by atoms with Crippen LogP contribution in [0.1, 0.15) is 18.4 Å². The van der Waals surface area contributed by atoms with Crippen molar-refractivity contribution >= 4 is 52.1 Å². The highest BCUT2D eigenvalue weighted by atomic mass is 35.5. The van der Waals surface area contributed by atoms with Gasteiger partial charge in [-0.15, -0.1) is 0 Å². The summed E-state index contributed by atoms with van der Waals surface area (Å²) in [6.45, 7) is 1.95. The molecule has 0 radical (unpaired) electrons. The van der Waals surface area contributed by atoms with Crippen LogP contribution in [0.3, 0.4) is 0 Å². The molecule has 0 aromatic heterocycles. The Hall–Kier alpha value is -0.970. The van der Waals surface area contributed by atoms with Crippen molar-refractivity contribution in [1.82, 2.24) is 4.90 Å². The van der Waals surface area contributed by atoms with Gasteiger partial charge >= 0.3 is 0 Å². The number of amidine groups is 1. The molecule has 0 N–H and O–H groups in total. The van der Waals surface area contributed by atoms with Crippen LogP contribution in [0.25, 0.3) is 6.08 Å². The number of likely N-dealkylation sites (tertiary alicyclic amines) is 1. The molecule has 0 bridgehead atoms. The molecule has 2 aliphatic rings. The summed E-state index contributed by atoms with van der Waals surface area (Å²) in [6, 6.07) is 5.37. The number of nitrogens with zero attached hydrogens (tertiary/aromatic N) is 2. The van der Waals surface area contributed by atoms with E-state index in [-0.39, 0.29) is 5.91 Å². The second-order valence-corrected chi connectivity index (χ2v) is 6.44. The van der Waals surface area contributed by atoms with Gasteiger partial charge in [0.25, 0.3) is 5.91 Å². The average Bonchev–Trinajstić information content (AvgIpc) is 3.05. The summed E-state index contributed by atoms with van der Waals surface area (Å²) in [5.41, 5.74) is 0.743. The maximum Gasteiger partial charge on any atom is 0.286 e. The fourth-order valence-corrected chi connectivity index (χ4v) is 3.53. The molecular formula is C14H12Cl2N2OS. The van der Waals surface area contributed by atoms with Crippen LogP contribution in [0, 0.1) is 0 Å². The monoisotopic (exact) mass is 326 g/mol. The fourth-order valence-electron chi connectivity index (χ4n) is 2.21. The summed E-state index contributed by atoms with van der Waals surface area (Å²) in [5, 5.41) is 1.75. The lowest BCUT2D eigenvalue weighted by Gasteiger charge is -2.14. The average molecular weight is 327 g/mol. The van der Waals surface area contributed by atoms with Gasteiger partial charge in [-0.3, -0.25) is 4.79 Å². The predicted octanol–water partition coefficient (Wildman–Crippen LogP) is 4.06. The number of amides is 1. The number of thioether (sulfide) groups is 1. The molecule has 3 rings (SSSR count). The fraction of sp³-hybridized carbons (Fsp3) is 0.286. The molecule has 0 atom stereocenters. The summed E-state index contributed by atoms with van der Waals surface area (Å²) in [6.07, 6.45) is 4.08. The van der Waals surface area contributed by atoms with Crippen molar-refractivity contribution in [3.63, 3.8) is 0 Å². The molecule has 20 heavy (non-hydrogen) atoms. The van der Waals surface area contributed by atoms with E-state index in [2.05, 4.69) is 9.89 Å². The van der Waals surface area contributed by atoms with Gasteiger partial charge in [-0.1, -0.05) is 35.3 Å². The van der Waals surface area contributed by atoms with Crippen LogP contribution in [0.2, 0.25) is 10.0 Å². The van der Waals surface area contributed by atoms with Crippen LogP contribution in [-0.4, -0.2) is 29.1 Å². The Morgan fingerprint density at radius 2 is 2.00 bits per heavy atom. The highest BCUT2D eigenvalue weighted by molar-refractivity contribution is 8.18. The third-order valence-electron chi connectivity index (χ3n) is 3.25. The minimum Gasteiger partial charge on any atom is -0.351 e. The molecule has 0 unspecified atom stereocenters. The maximum atomic E-state index is 12.0. The smallest absolute Gasteiger partial charge is 0.286 e. The lowest BCUT2D eigenvalue weighted by Crippen LogP contribution is -2.23. The van der Waals surface area contributed by atoms with Crippen LogP contribution >= 0.6 is 35.0 Å². The van der Waals surface area contributed by atoms with Gasteiger partial charge < -0.3 is 4.90 Å². The number of hydrogen-bond donors (Lipinski definition) is 0. The first-order valence-corrected chi connectivity index (χ1v) is 7.94. The molecule has 2 aliphatic heterocycles. The lowest BCUT2D eigenvalue weighted by atomic mass is 10.2. The third kappa shape index (κ3) is 2.73. The number of aliphatic imine (C=N–C) groups is 1. The zero-order valence-electron chi connectivity index (χ0n) is 10.6. The van der Waals surface area contributed by atoms with Crippen molar-refractivity contribution in [3.8, 4) is 0 Å². The van der Waals surface area contributed by atoms with E-state index in [0.717, 1.165) is 36.7 Å². The maximum absolute atomic E-state index is 12.0. The molecule has 1 aromatic carbocycles. The van der Waals surface area contributed by atoms with E-state index in [1.165, 1.54) is 11.8 Å². The Morgan fingerprint density at radius 3 is 2.75 bits per heavy atom. The highest BCUT2D eigenvalue weighted by Gasteiger charge is 2.27. The topological polar surface area (TPSA) is 32.7 Å². The Balaban J connectivity index is 1.84. The van der Waals surface area contributed by atoms with Crippen molar-refractivity contribution in [2.75, 3.05) is 13.1 Å². The van der Waals surface area contributed by atoms with Gasteiger partial charge in [-0.2, -0.15) is 4.99 Å². The van der Waals surface area contributed by atoms with Gasteiger partial charge in [-0.05, 0) is 42.3 Å². The molecule has 6 heteroatoms. The van der Waals surface area contributed by atoms with Crippen molar-refractivity contribution < 1.29 is 4.79 Å². The van der Waals surface area contributed by atoms with Gasteiger partial charge in [0, 0.05) is 13.1 Å². The van der Waals surface area contributed by atoms with Crippen molar-refractivity contribution in [3.05, 3.63) is 38.7 Å². The number of carbonyl (C=O) groups excluding carboxylic acids is 1. The number of carbonyl (C=O) groups is 1. The second-order valence-electron chi connectivity index (χ2n) is 4.65. The quantitative estimate of drug-likeness (QED) is 0.729. The molecular weight excluding hydrogens is 315 g/mol. The number of rotatable bonds is 1. The van der Waals surface area contributed by atoms with E-state index in [1.807, 2.05) is 12.1 Å². The molecule has 2 heterocycles. The van der Waals surface area contributed by atoms with E-state index in [4.69, 9.17) is 23.2 Å². The molecule has 1 aromatic rings. The first-order valence-electron chi connectivity index (χ1n) is 6.36. The molecule has 0 aliphatic carbocycles. The first-order chi connectivity index (χ1) is 9.65. The normalized spacial score (nSPS) is 20.9. The standard InChI is InChI=1S/C14H12Cl2N2OS/c15-10-5-3-4-9(12(10)16)8-11-13(19)17-14(20-11)18-6-1-2-7-18/h3-5,8H,1-2,6-7H2/b11-8-. The summed E-state index contributed by atoms with van der Waals surface area (Å²) in [5.74, 6) is -0.201. The zero-order chi connectivity index (χ0) is 14.1. The summed E-state index contributed by atoms with van der Waals surface area (Å²) in [7, 11) is 0. The van der Waals surface area contributed by atoms with Gasteiger partial charge in [0.2, 0.25) is 0 Å². The Labute approximate surface area is 131 Å². The van der Waals surface area contributed by atoms with Crippen LogP contribution in [0.15, 0.2) is 28.1 Å². The largest absolute Gasteiger partial charge is 0.351 e. The number of hydrogen-bond acceptors (Lipinski definition) is 3. The first kappa shape index (κ1) is 14.0. The highest BCUT2D eigenvalue weighted by Crippen LogP contribution is 2.34.